The number of anilines is 1. The first-order valence-electron chi connectivity index (χ1n) is 18.6. The highest BCUT2D eigenvalue weighted by Crippen LogP contribution is 2.41. The molecule has 7 aromatic carbocycles. The summed E-state index contributed by atoms with van der Waals surface area (Å²) in [7, 11) is 0. The van der Waals surface area contributed by atoms with E-state index in [2.05, 4.69) is 191 Å². The van der Waals surface area contributed by atoms with E-state index < -0.39 is 0 Å². The van der Waals surface area contributed by atoms with Crippen LogP contribution in [0.25, 0.3) is 82.0 Å². The van der Waals surface area contributed by atoms with Gasteiger partial charge in [-0.1, -0.05) is 151 Å². The molecule has 3 N–H and O–H groups in total. The summed E-state index contributed by atoms with van der Waals surface area (Å²) in [5.74, 6) is 0. The second-order valence-corrected chi connectivity index (χ2v) is 16.6. The van der Waals surface area contributed by atoms with E-state index in [1.807, 2.05) is 6.07 Å². The lowest BCUT2D eigenvalue weighted by atomic mass is 9.79. The molecule has 260 valence electrons. The van der Waals surface area contributed by atoms with Crippen LogP contribution in [0.15, 0.2) is 146 Å². The number of H-pyrrole nitrogens is 1. The number of hydrogen-bond acceptors (Lipinski definition) is 1. The minimum Gasteiger partial charge on any atom is -0.397 e. The first kappa shape index (κ1) is 32.8. The number of nitrogen functional groups attached to an aromatic ring is 1. The second kappa shape index (κ2) is 12.0. The van der Waals surface area contributed by atoms with Gasteiger partial charge in [0.2, 0.25) is 0 Å². The van der Waals surface area contributed by atoms with Crippen molar-refractivity contribution in [2.75, 3.05) is 5.73 Å². The molecule has 53 heavy (non-hydrogen) atoms. The van der Waals surface area contributed by atoms with Crippen LogP contribution in [-0.2, 0) is 10.8 Å². The van der Waals surface area contributed by atoms with Crippen molar-refractivity contribution in [3.8, 4) is 16.8 Å². The molecule has 0 aliphatic heterocycles. The largest absolute Gasteiger partial charge is 0.397 e. The van der Waals surface area contributed by atoms with Gasteiger partial charge in [-0.3, -0.25) is 0 Å². The summed E-state index contributed by atoms with van der Waals surface area (Å²) in [5.41, 5.74) is 18.2. The fourth-order valence-electron chi connectivity index (χ4n) is 8.13. The Balaban J connectivity index is 1.52. The van der Waals surface area contributed by atoms with Crippen LogP contribution in [0.1, 0.15) is 52.7 Å². The molecular formula is C50H45N3. The molecule has 0 spiro atoms. The molecule has 3 nitrogen and oxygen atoms in total. The number of nitrogens with two attached hydrogens (primary N) is 1. The quantitative estimate of drug-likeness (QED) is 0.175. The van der Waals surface area contributed by atoms with Gasteiger partial charge in [-0.2, -0.15) is 0 Å². The van der Waals surface area contributed by atoms with Crippen molar-refractivity contribution in [2.45, 2.75) is 52.4 Å². The molecule has 0 fully saturated rings. The molecular weight excluding hydrogens is 643 g/mol. The molecule has 3 heteroatoms. The summed E-state index contributed by atoms with van der Waals surface area (Å²) in [6.45, 7) is 13.8. The Morgan fingerprint density at radius 3 is 1.66 bits per heavy atom. The van der Waals surface area contributed by atoms with E-state index in [1.165, 1.54) is 49.1 Å². The van der Waals surface area contributed by atoms with Crippen LogP contribution in [0.4, 0.5) is 5.69 Å². The highest BCUT2D eigenvalue weighted by molar-refractivity contribution is 6.25. The van der Waals surface area contributed by atoms with Gasteiger partial charge in [-0.25, -0.2) is 0 Å². The van der Waals surface area contributed by atoms with Gasteiger partial charge in [-0.15, -0.1) is 0 Å². The SMILES string of the molecule is CC(C)(C)c1cc(-c2cccc3c2[nH]c2c(N)cccc2c2cc4c(cc2c2ccccc32)c2ccccc2n4-c2ccccc2)cc(C(C)(C)C)c1. The molecule has 0 radical (unpaired) electrons. The van der Waals surface area contributed by atoms with Crippen molar-refractivity contribution in [1.82, 2.24) is 9.55 Å². The monoisotopic (exact) mass is 687 g/mol. The average molecular weight is 688 g/mol. The van der Waals surface area contributed by atoms with Crippen LogP contribution in [0.3, 0.4) is 0 Å². The van der Waals surface area contributed by atoms with E-state index >= 15 is 0 Å². The Morgan fingerprint density at radius 1 is 0.434 bits per heavy atom. The zero-order valence-electron chi connectivity index (χ0n) is 31.4. The van der Waals surface area contributed by atoms with Gasteiger partial charge in [0.25, 0.3) is 0 Å². The Morgan fingerprint density at radius 2 is 0.981 bits per heavy atom. The minimum atomic E-state index is -0.0119. The lowest BCUT2D eigenvalue weighted by Crippen LogP contribution is -2.16. The second-order valence-electron chi connectivity index (χ2n) is 16.6. The standard InChI is InChI=1S/C50H45N3/c1-49(2,3)32-26-31(27-33(28-32)50(4,5)6)35-21-14-22-39-36-18-10-11-19-37(36)41-29-43-38-20-12-13-25-45(38)53(34-16-8-7-9-17-34)46(43)30-42(41)40-23-15-24-44(51)48(40)52-47(35)39/h7-30,52H,51H2,1-6H3. The molecule has 0 saturated carbocycles. The van der Waals surface area contributed by atoms with Gasteiger partial charge in [0.05, 0.1) is 27.8 Å². The average Bonchev–Trinajstić information content (AvgIpc) is 3.49. The van der Waals surface area contributed by atoms with Crippen molar-refractivity contribution in [3.63, 3.8) is 0 Å². The van der Waals surface area contributed by atoms with Crippen molar-refractivity contribution < 1.29 is 0 Å². The van der Waals surface area contributed by atoms with Crippen molar-refractivity contribution in [3.05, 3.63) is 157 Å². The third kappa shape index (κ3) is 5.42. The molecule has 0 amide bonds. The van der Waals surface area contributed by atoms with E-state index in [9.17, 15) is 0 Å². The highest BCUT2D eigenvalue weighted by Gasteiger charge is 2.22. The lowest BCUT2D eigenvalue weighted by Gasteiger charge is -2.26. The van der Waals surface area contributed by atoms with E-state index in [4.69, 9.17) is 5.73 Å². The normalized spacial score (nSPS) is 12.4. The summed E-state index contributed by atoms with van der Waals surface area (Å²) in [6, 6.07) is 53.3. The number of hydrogen-bond donors (Lipinski definition) is 2. The van der Waals surface area contributed by atoms with E-state index in [0.29, 0.717) is 5.69 Å². The maximum Gasteiger partial charge on any atom is 0.0698 e. The van der Waals surface area contributed by atoms with Gasteiger partial charge in [0.1, 0.15) is 0 Å². The molecule has 9 rings (SSSR count). The van der Waals surface area contributed by atoms with E-state index in [0.717, 1.165) is 44.0 Å². The molecule has 0 unspecified atom stereocenters. The first-order valence-corrected chi connectivity index (χ1v) is 18.6. The summed E-state index contributed by atoms with van der Waals surface area (Å²) in [6.07, 6.45) is 0. The van der Waals surface area contributed by atoms with Crippen LogP contribution in [0.2, 0.25) is 0 Å². The Bertz CT molecular complexity index is 2930. The Hall–Kier alpha value is -6.06. The zero-order valence-corrected chi connectivity index (χ0v) is 31.4. The molecule has 2 aromatic heterocycles. The summed E-state index contributed by atoms with van der Waals surface area (Å²) in [4.78, 5) is 4.01. The lowest BCUT2D eigenvalue weighted by molar-refractivity contribution is 0.569. The summed E-state index contributed by atoms with van der Waals surface area (Å²) < 4.78 is 2.39. The molecule has 0 atom stereocenters. The first-order chi connectivity index (χ1) is 25.5. The molecule has 0 aliphatic carbocycles. The molecule has 9 aromatic rings. The Labute approximate surface area is 311 Å². The third-order valence-corrected chi connectivity index (χ3v) is 11.0. The molecule has 2 heterocycles. The summed E-state index contributed by atoms with van der Waals surface area (Å²) in [5, 5.41) is 9.36. The third-order valence-electron chi connectivity index (χ3n) is 11.0. The van der Waals surface area contributed by atoms with Crippen molar-refractivity contribution >= 4 is 70.8 Å². The number of rotatable bonds is 2. The van der Waals surface area contributed by atoms with Crippen LogP contribution in [-0.4, -0.2) is 9.55 Å². The fraction of sp³-hybridized carbons (Fsp3) is 0.160. The molecule has 0 saturated heterocycles. The van der Waals surface area contributed by atoms with Gasteiger partial charge < -0.3 is 15.3 Å². The topological polar surface area (TPSA) is 46.7 Å². The Kier molecular flexibility index (Phi) is 7.43. The van der Waals surface area contributed by atoms with Crippen LogP contribution >= 0.6 is 0 Å². The van der Waals surface area contributed by atoms with Crippen molar-refractivity contribution in [2.24, 2.45) is 0 Å². The number of aromatic amines is 1. The molecule has 0 bridgehead atoms. The number of nitrogens with zero attached hydrogens (tertiary/aromatic N) is 1. The minimum absolute atomic E-state index is 0.0119. The number of nitrogens with one attached hydrogen (secondary N) is 1. The van der Waals surface area contributed by atoms with Gasteiger partial charge in [-0.05, 0) is 85.5 Å². The van der Waals surface area contributed by atoms with Gasteiger partial charge in [0.15, 0.2) is 0 Å². The number of fused-ring (bicyclic) bond motifs is 10. The van der Waals surface area contributed by atoms with Crippen LogP contribution in [0.5, 0.6) is 0 Å². The van der Waals surface area contributed by atoms with Gasteiger partial charge >= 0.3 is 0 Å². The number of benzene rings is 7. The maximum absolute atomic E-state index is 7.01. The van der Waals surface area contributed by atoms with E-state index in [1.54, 1.807) is 0 Å². The van der Waals surface area contributed by atoms with Crippen LogP contribution < -0.4 is 5.73 Å². The molecule has 0 aliphatic rings. The van der Waals surface area contributed by atoms with Gasteiger partial charge in [0, 0.05) is 32.8 Å². The maximum atomic E-state index is 7.01. The van der Waals surface area contributed by atoms with E-state index in [-0.39, 0.29) is 10.8 Å². The summed E-state index contributed by atoms with van der Waals surface area (Å²) >= 11 is 0. The smallest absolute Gasteiger partial charge is 0.0698 e. The van der Waals surface area contributed by atoms with Crippen molar-refractivity contribution in [1.29, 1.82) is 0 Å². The zero-order chi connectivity index (χ0) is 36.6. The predicted molar refractivity (Wildman–Crippen MR) is 230 cm³/mol. The number of aromatic nitrogens is 2. The number of para-hydroxylation sites is 4. The predicted octanol–water partition coefficient (Wildman–Crippen LogP) is 13.7. The fourth-order valence-corrected chi connectivity index (χ4v) is 8.13. The van der Waals surface area contributed by atoms with Crippen LogP contribution in [0, 0.1) is 0 Å². The highest BCUT2D eigenvalue weighted by atomic mass is 15.0.